The second-order valence-electron chi connectivity index (χ2n) is 5.75. The summed E-state index contributed by atoms with van der Waals surface area (Å²) < 4.78 is 31.5. The van der Waals surface area contributed by atoms with E-state index in [0.717, 1.165) is 0 Å². The molecule has 0 bridgehead atoms. The third-order valence-electron chi connectivity index (χ3n) is 3.50. The van der Waals surface area contributed by atoms with Crippen molar-refractivity contribution < 1.29 is 22.7 Å². The number of ether oxygens (including phenoxy) is 1. The first-order valence-electron chi connectivity index (χ1n) is 7.33. The maximum atomic E-state index is 12.2. The van der Waals surface area contributed by atoms with Crippen LogP contribution in [0.15, 0.2) is 34.2 Å². The van der Waals surface area contributed by atoms with Crippen LogP contribution in [0.1, 0.15) is 26.3 Å². The Hall–Kier alpha value is -2.42. The van der Waals surface area contributed by atoms with Crippen LogP contribution in [0.4, 0.5) is 0 Å². The Morgan fingerprint density at radius 1 is 1.21 bits per heavy atom. The summed E-state index contributed by atoms with van der Waals surface area (Å²) in [5, 5.41) is 0. The minimum absolute atomic E-state index is 0.0768. The van der Waals surface area contributed by atoms with Crippen LogP contribution in [-0.4, -0.2) is 38.3 Å². The lowest BCUT2D eigenvalue weighted by Crippen LogP contribution is -2.37. The number of sulfonamides is 1. The number of nitrogens with zero attached hydrogens (tertiary/aromatic N) is 1. The summed E-state index contributed by atoms with van der Waals surface area (Å²) in [4.78, 5) is 27.6. The van der Waals surface area contributed by atoms with E-state index < -0.39 is 34.0 Å². The van der Waals surface area contributed by atoms with Crippen molar-refractivity contribution in [2.45, 2.75) is 37.8 Å². The molecule has 1 aromatic rings. The summed E-state index contributed by atoms with van der Waals surface area (Å²) >= 11 is 0. The molecule has 1 aliphatic heterocycles. The van der Waals surface area contributed by atoms with Gasteiger partial charge in [0.15, 0.2) is 12.1 Å². The molecule has 24 heavy (non-hydrogen) atoms. The van der Waals surface area contributed by atoms with E-state index in [1.807, 2.05) is 0 Å². The first kappa shape index (κ1) is 17.9. The Balaban J connectivity index is 2.36. The average molecular weight is 353 g/mol. The van der Waals surface area contributed by atoms with Crippen molar-refractivity contribution in [1.82, 2.24) is 4.72 Å². The Morgan fingerprint density at radius 2 is 1.83 bits per heavy atom. The molecule has 1 aromatic carbocycles. The van der Waals surface area contributed by atoms with Gasteiger partial charge in [-0.05, 0) is 25.0 Å². The van der Waals surface area contributed by atoms with Gasteiger partial charge in [-0.25, -0.2) is 13.2 Å². The number of nitrogens with two attached hydrogens (primary N) is 1. The quantitative estimate of drug-likeness (QED) is 0.729. The minimum Gasteiger partial charge on any atom is -0.451 e. The van der Waals surface area contributed by atoms with E-state index in [2.05, 4.69) is 9.71 Å². The maximum Gasteiger partial charge on any atom is 0.331 e. The summed E-state index contributed by atoms with van der Waals surface area (Å²) in [7, 11) is -3.70. The average Bonchev–Trinajstić information content (AvgIpc) is 2.75. The van der Waals surface area contributed by atoms with E-state index in [4.69, 9.17) is 10.5 Å². The number of aliphatic imine (C=N–C) groups is 1. The van der Waals surface area contributed by atoms with Crippen molar-refractivity contribution >= 4 is 27.7 Å². The zero-order valence-corrected chi connectivity index (χ0v) is 14.3. The van der Waals surface area contributed by atoms with Gasteiger partial charge in [-0.2, -0.15) is 0 Å². The van der Waals surface area contributed by atoms with E-state index in [1.54, 1.807) is 32.0 Å². The fourth-order valence-electron chi connectivity index (χ4n) is 2.14. The molecule has 0 spiro atoms. The Kier molecular flexibility index (Phi) is 4.93. The number of fused-ring (bicyclic) bond motifs is 1. The highest BCUT2D eigenvalue weighted by Gasteiger charge is 2.33. The maximum absolute atomic E-state index is 12.2. The first-order valence-corrected chi connectivity index (χ1v) is 8.81. The van der Waals surface area contributed by atoms with E-state index in [-0.39, 0.29) is 16.6 Å². The van der Waals surface area contributed by atoms with E-state index >= 15 is 0 Å². The second kappa shape index (κ2) is 6.60. The fourth-order valence-corrected chi connectivity index (χ4v) is 3.38. The van der Waals surface area contributed by atoms with Gasteiger partial charge in [-0.3, -0.25) is 14.5 Å². The monoisotopic (exact) mass is 353 g/mol. The number of esters is 1. The molecule has 2 atom stereocenters. The molecule has 0 aromatic heterocycles. The Labute approximate surface area is 140 Å². The number of hydrogen-bond donors (Lipinski definition) is 2. The molecule has 2 rings (SSSR count). The number of carbonyl (C=O) groups is 2. The molecule has 0 saturated heterocycles. The van der Waals surface area contributed by atoms with E-state index in [0.29, 0.717) is 5.56 Å². The summed E-state index contributed by atoms with van der Waals surface area (Å²) in [6.07, 6.45) is -1.09. The number of nitrogens with one attached hydrogen (secondary N) is 1. The predicted molar refractivity (Wildman–Crippen MR) is 86.7 cm³/mol. The minimum atomic E-state index is -3.70. The smallest absolute Gasteiger partial charge is 0.331 e. The molecule has 1 aliphatic rings. The van der Waals surface area contributed by atoms with E-state index in [9.17, 15) is 18.0 Å². The first-order chi connectivity index (χ1) is 11.1. The Morgan fingerprint density at radius 3 is 2.42 bits per heavy atom. The SMILES string of the molecule is CC(C)[C@H](N=C1NS(=O)(=O)c2ccccc21)C(=O)O[C@H](C)C(N)=O. The lowest BCUT2D eigenvalue weighted by atomic mass is 10.0. The lowest BCUT2D eigenvalue weighted by molar-refractivity contribution is -0.155. The van der Waals surface area contributed by atoms with Crippen LogP contribution in [0.2, 0.25) is 0 Å². The molecule has 0 saturated carbocycles. The number of benzene rings is 1. The van der Waals surface area contributed by atoms with Gasteiger partial charge in [0.2, 0.25) is 0 Å². The van der Waals surface area contributed by atoms with Crippen LogP contribution in [0.25, 0.3) is 0 Å². The highest BCUT2D eigenvalue weighted by molar-refractivity contribution is 7.90. The molecule has 9 heteroatoms. The molecular weight excluding hydrogens is 334 g/mol. The van der Waals surface area contributed by atoms with Crippen molar-refractivity contribution in [3.63, 3.8) is 0 Å². The van der Waals surface area contributed by atoms with Crippen molar-refractivity contribution in [2.75, 3.05) is 0 Å². The number of carbonyl (C=O) groups excluding carboxylic acids is 2. The number of primary amides is 1. The molecule has 0 fully saturated rings. The Bertz CT molecular complexity index is 801. The lowest BCUT2D eigenvalue weighted by Gasteiger charge is -2.18. The molecule has 8 nitrogen and oxygen atoms in total. The summed E-state index contributed by atoms with van der Waals surface area (Å²) in [5.41, 5.74) is 5.47. The molecule has 130 valence electrons. The molecule has 0 unspecified atom stereocenters. The van der Waals surface area contributed by atoms with Gasteiger partial charge < -0.3 is 10.5 Å². The molecule has 0 aliphatic carbocycles. The number of amides is 1. The van der Waals surface area contributed by atoms with Gasteiger partial charge in [0.25, 0.3) is 15.9 Å². The topological polar surface area (TPSA) is 128 Å². The van der Waals surface area contributed by atoms with Crippen LogP contribution < -0.4 is 10.5 Å². The van der Waals surface area contributed by atoms with Crippen LogP contribution in [0, 0.1) is 5.92 Å². The van der Waals surface area contributed by atoms with Crippen LogP contribution >= 0.6 is 0 Å². The molecule has 0 radical (unpaired) electrons. The molecule has 3 N–H and O–H groups in total. The van der Waals surface area contributed by atoms with E-state index in [1.165, 1.54) is 13.0 Å². The van der Waals surface area contributed by atoms with Gasteiger partial charge in [-0.1, -0.05) is 26.0 Å². The normalized spacial score (nSPS) is 19.4. The highest BCUT2D eigenvalue weighted by atomic mass is 32.2. The third kappa shape index (κ3) is 3.56. The second-order valence-corrected chi connectivity index (χ2v) is 7.40. The van der Waals surface area contributed by atoms with Gasteiger partial charge >= 0.3 is 5.97 Å². The van der Waals surface area contributed by atoms with Crippen LogP contribution in [0.3, 0.4) is 0 Å². The molecule has 1 amide bonds. The summed E-state index contributed by atoms with van der Waals surface area (Å²) in [5.74, 6) is -1.71. The highest BCUT2D eigenvalue weighted by Crippen LogP contribution is 2.23. The zero-order valence-electron chi connectivity index (χ0n) is 13.5. The fraction of sp³-hybridized carbons (Fsp3) is 0.400. The summed E-state index contributed by atoms with van der Waals surface area (Å²) in [6.45, 7) is 4.83. The number of amidine groups is 1. The van der Waals surface area contributed by atoms with Crippen molar-refractivity contribution in [3.05, 3.63) is 29.8 Å². The van der Waals surface area contributed by atoms with Gasteiger partial charge in [0, 0.05) is 5.56 Å². The predicted octanol–water partition coefficient (Wildman–Crippen LogP) is 0.167. The van der Waals surface area contributed by atoms with Crippen LogP contribution in [0.5, 0.6) is 0 Å². The van der Waals surface area contributed by atoms with Gasteiger partial charge in [0.1, 0.15) is 5.84 Å². The van der Waals surface area contributed by atoms with Crippen molar-refractivity contribution in [3.8, 4) is 0 Å². The third-order valence-corrected chi connectivity index (χ3v) is 4.89. The van der Waals surface area contributed by atoms with Crippen molar-refractivity contribution in [1.29, 1.82) is 0 Å². The van der Waals surface area contributed by atoms with Gasteiger partial charge in [-0.15, -0.1) is 0 Å². The zero-order chi connectivity index (χ0) is 18.1. The van der Waals surface area contributed by atoms with Crippen LogP contribution in [-0.2, 0) is 24.3 Å². The van der Waals surface area contributed by atoms with Gasteiger partial charge in [0.05, 0.1) is 4.90 Å². The standard InChI is InChI=1S/C15H19N3O5S/c1-8(2)12(15(20)23-9(3)13(16)19)17-14-10-6-4-5-7-11(10)24(21,22)18-14/h4-9,12H,1-3H3,(H2,16,19)(H,17,18)/t9-,12+/m1/s1. The number of rotatable bonds is 5. The van der Waals surface area contributed by atoms with Crippen molar-refractivity contribution in [2.24, 2.45) is 16.6 Å². The largest absolute Gasteiger partial charge is 0.451 e. The molecular formula is C15H19N3O5S. The number of hydrogen-bond acceptors (Lipinski definition) is 6. The summed E-state index contributed by atoms with van der Waals surface area (Å²) in [6, 6.07) is 5.35. The molecule has 1 heterocycles.